The second-order valence-corrected chi connectivity index (χ2v) is 5.22. The van der Waals surface area contributed by atoms with Crippen LogP contribution < -0.4 is 9.47 Å². The zero-order valence-corrected chi connectivity index (χ0v) is 12.9. The fourth-order valence-electron chi connectivity index (χ4n) is 2.91. The van der Waals surface area contributed by atoms with Crippen molar-refractivity contribution in [3.8, 4) is 11.5 Å². The summed E-state index contributed by atoms with van der Waals surface area (Å²) < 4.78 is 16.5. The molecule has 0 saturated carbocycles. The molecule has 0 spiro atoms. The summed E-state index contributed by atoms with van der Waals surface area (Å²) in [6.45, 7) is 0.499. The summed E-state index contributed by atoms with van der Waals surface area (Å²) >= 11 is 0. The van der Waals surface area contributed by atoms with Crippen LogP contribution in [0.25, 0.3) is 0 Å². The number of rotatable bonds is 4. The van der Waals surface area contributed by atoms with Gasteiger partial charge in [0.25, 0.3) is 5.69 Å². The lowest BCUT2D eigenvalue weighted by Crippen LogP contribution is -2.18. The minimum Gasteiger partial charge on any atom is -0.493 e. The van der Waals surface area contributed by atoms with Gasteiger partial charge in [-0.2, -0.15) is 0 Å². The van der Waals surface area contributed by atoms with Crippen molar-refractivity contribution in [1.82, 2.24) is 0 Å². The van der Waals surface area contributed by atoms with Crippen molar-refractivity contribution in [1.29, 1.82) is 0 Å². The highest BCUT2D eigenvalue weighted by molar-refractivity contribution is 5.53. The van der Waals surface area contributed by atoms with Gasteiger partial charge in [-0.15, -0.1) is 0 Å². The topological polar surface area (TPSA) is 70.8 Å². The molecule has 120 valence electrons. The largest absolute Gasteiger partial charge is 0.493 e. The van der Waals surface area contributed by atoms with E-state index in [4.69, 9.17) is 14.2 Å². The van der Waals surface area contributed by atoms with Crippen molar-refractivity contribution in [3.05, 3.63) is 63.2 Å². The molecule has 0 saturated heterocycles. The zero-order chi connectivity index (χ0) is 16.4. The van der Waals surface area contributed by atoms with Crippen LogP contribution in [0, 0.1) is 10.1 Å². The van der Waals surface area contributed by atoms with Gasteiger partial charge in [0.05, 0.1) is 31.3 Å². The standard InChI is InChI=1S/C17H17NO5/c1-21-15-9-11-7-8-23-17(13(11)10-16(15)22-2)12-5-3-4-6-14(12)18(19)20/h3-6,9-10,17H,7-8H2,1-2H3. The van der Waals surface area contributed by atoms with Crippen molar-refractivity contribution >= 4 is 5.69 Å². The van der Waals surface area contributed by atoms with Gasteiger partial charge in [-0.25, -0.2) is 0 Å². The Hall–Kier alpha value is -2.60. The highest BCUT2D eigenvalue weighted by atomic mass is 16.6. The fraction of sp³-hybridized carbons (Fsp3) is 0.294. The number of nitro benzene ring substituents is 1. The van der Waals surface area contributed by atoms with E-state index in [-0.39, 0.29) is 10.6 Å². The molecule has 0 aromatic heterocycles. The Morgan fingerprint density at radius 3 is 2.52 bits per heavy atom. The van der Waals surface area contributed by atoms with Crippen LogP contribution in [0.3, 0.4) is 0 Å². The minimum atomic E-state index is -0.486. The zero-order valence-electron chi connectivity index (χ0n) is 12.9. The molecule has 3 rings (SSSR count). The Morgan fingerprint density at radius 1 is 1.13 bits per heavy atom. The van der Waals surface area contributed by atoms with E-state index in [2.05, 4.69) is 0 Å². The number of methoxy groups -OCH3 is 2. The first-order valence-corrected chi connectivity index (χ1v) is 7.25. The monoisotopic (exact) mass is 315 g/mol. The first kappa shape index (κ1) is 15.3. The molecular weight excluding hydrogens is 298 g/mol. The SMILES string of the molecule is COc1cc2c(cc1OC)C(c1ccccc1[N+](=O)[O-])OCC2. The Bertz CT molecular complexity index is 744. The fourth-order valence-corrected chi connectivity index (χ4v) is 2.91. The second kappa shape index (κ2) is 6.26. The average molecular weight is 315 g/mol. The Kier molecular flexibility index (Phi) is 4.16. The summed E-state index contributed by atoms with van der Waals surface area (Å²) in [5.41, 5.74) is 2.53. The van der Waals surface area contributed by atoms with Gasteiger partial charge in [-0.05, 0) is 35.7 Å². The molecule has 1 heterocycles. The highest BCUT2D eigenvalue weighted by Crippen LogP contribution is 2.41. The van der Waals surface area contributed by atoms with Crippen molar-refractivity contribution in [2.75, 3.05) is 20.8 Å². The molecule has 0 amide bonds. The van der Waals surface area contributed by atoms with E-state index in [1.165, 1.54) is 6.07 Å². The third kappa shape index (κ3) is 2.73. The average Bonchev–Trinajstić information content (AvgIpc) is 2.59. The maximum absolute atomic E-state index is 11.3. The number of nitro groups is 1. The molecule has 0 aliphatic carbocycles. The molecule has 1 unspecified atom stereocenters. The van der Waals surface area contributed by atoms with E-state index >= 15 is 0 Å². The predicted octanol–water partition coefficient (Wildman–Crippen LogP) is 3.27. The number of hydrogen-bond acceptors (Lipinski definition) is 5. The third-order valence-corrected chi connectivity index (χ3v) is 4.00. The number of benzene rings is 2. The molecule has 0 bridgehead atoms. The Labute approximate surface area is 133 Å². The first-order chi connectivity index (χ1) is 11.2. The minimum absolute atomic E-state index is 0.0557. The summed E-state index contributed by atoms with van der Waals surface area (Å²) in [6, 6.07) is 10.4. The molecule has 0 radical (unpaired) electrons. The van der Waals surface area contributed by atoms with Crippen LogP contribution >= 0.6 is 0 Å². The van der Waals surface area contributed by atoms with Crippen molar-refractivity contribution in [2.24, 2.45) is 0 Å². The highest BCUT2D eigenvalue weighted by Gasteiger charge is 2.29. The molecule has 1 atom stereocenters. The number of ether oxygens (including phenoxy) is 3. The number of fused-ring (bicyclic) bond motifs is 1. The van der Waals surface area contributed by atoms with Crippen LogP contribution in [-0.2, 0) is 11.2 Å². The second-order valence-electron chi connectivity index (χ2n) is 5.22. The number of nitrogens with zero attached hydrogens (tertiary/aromatic N) is 1. The number of para-hydroxylation sites is 1. The Morgan fingerprint density at radius 2 is 1.83 bits per heavy atom. The third-order valence-electron chi connectivity index (χ3n) is 4.00. The van der Waals surface area contributed by atoms with Gasteiger partial charge in [-0.3, -0.25) is 10.1 Å². The van der Waals surface area contributed by atoms with Crippen molar-refractivity contribution in [2.45, 2.75) is 12.5 Å². The van der Waals surface area contributed by atoms with Gasteiger partial charge in [-0.1, -0.05) is 12.1 Å². The quantitative estimate of drug-likeness (QED) is 0.639. The normalized spacial score (nSPS) is 16.5. The maximum atomic E-state index is 11.3. The lowest BCUT2D eigenvalue weighted by molar-refractivity contribution is -0.386. The van der Waals surface area contributed by atoms with E-state index in [0.717, 1.165) is 17.5 Å². The first-order valence-electron chi connectivity index (χ1n) is 7.25. The number of hydrogen-bond donors (Lipinski definition) is 0. The van der Waals surface area contributed by atoms with Gasteiger partial charge in [0.2, 0.25) is 0 Å². The van der Waals surface area contributed by atoms with Gasteiger partial charge < -0.3 is 14.2 Å². The molecule has 0 fully saturated rings. The van der Waals surface area contributed by atoms with E-state index in [0.29, 0.717) is 23.7 Å². The lowest BCUT2D eigenvalue weighted by atomic mass is 9.91. The summed E-state index contributed by atoms with van der Waals surface area (Å²) in [5.74, 6) is 1.23. The molecule has 1 aliphatic rings. The van der Waals surface area contributed by atoms with E-state index in [1.54, 1.807) is 32.4 Å². The lowest BCUT2D eigenvalue weighted by Gasteiger charge is -2.27. The van der Waals surface area contributed by atoms with E-state index in [1.807, 2.05) is 12.1 Å². The van der Waals surface area contributed by atoms with Crippen LogP contribution in [0.5, 0.6) is 11.5 Å². The molecule has 0 N–H and O–H groups in total. The van der Waals surface area contributed by atoms with Gasteiger partial charge >= 0.3 is 0 Å². The van der Waals surface area contributed by atoms with Gasteiger partial charge in [0.1, 0.15) is 6.10 Å². The smallest absolute Gasteiger partial charge is 0.275 e. The summed E-state index contributed by atoms with van der Waals surface area (Å²) in [4.78, 5) is 10.9. The van der Waals surface area contributed by atoms with Crippen LogP contribution in [0.2, 0.25) is 0 Å². The molecular formula is C17H17NO5. The van der Waals surface area contributed by atoms with Crippen LogP contribution in [0.15, 0.2) is 36.4 Å². The van der Waals surface area contributed by atoms with Gasteiger partial charge in [0, 0.05) is 6.07 Å². The molecule has 2 aromatic carbocycles. The van der Waals surface area contributed by atoms with Gasteiger partial charge in [0.15, 0.2) is 11.5 Å². The summed E-state index contributed by atoms with van der Waals surface area (Å²) in [6.07, 6.45) is 0.243. The summed E-state index contributed by atoms with van der Waals surface area (Å²) in [7, 11) is 3.15. The summed E-state index contributed by atoms with van der Waals surface area (Å²) in [5, 5.41) is 11.3. The maximum Gasteiger partial charge on any atom is 0.275 e. The van der Waals surface area contributed by atoms with Crippen LogP contribution in [-0.4, -0.2) is 25.7 Å². The van der Waals surface area contributed by atoms with Crippen LogP contribution in [0.1, 0.15) is 22.8 Å². The Balaban J connectivity index is 2.14. The van der Waals surface area contributed by atoms with E-state index in [9.17, 15) is 10.1 Å². The molecule has 23 heavy (non-hydrogen) atoms. The van der Waals surface area contributed by atoms with Crippen LogP contribution in [0.4, 0.5) is 5.69 Å². The molecule has 6 nitrogen and oxygen atoms in total. The van der Waals surface area contributed by atoms with Crippen molar-refractivity contribution < 1.29 is 19.1 Å². The van der Waals surface area contributed by atoms with Crippen molar-refractivity contribution in [3.63, 3.8) is 0 Å². The molecule has 2 aromatic rings. The molecule has 6 heteroatoms. The van der Waals surface area contributed by atoms with E-state index < -0.39 is 6.10 Å². The molecule has 1 aliphatic heterocycles. The predicted molar refractivity (Wildman–Crippen MR) is 84.1 cm³/mol.